The largest absolute Gasteiger partial charge is 0.346 e. The summed E-state index contributed by atoms with van der Waals surface area (Å²) in [6.45, 7) is 4.54. The van der Waals surface area contributed by atoms with Crippen LogP contribution in [0.2, 0.25) is 5.02 Å². The Morgan fingerprint density at radius 3 is 2.48 bits per heavy atom. The van der Waals surface area contributed by atoms with E-state index in [1.807, 2.05) is 31.6 Å². The Morgan fingerprint density at radius 1 is 1.04 bits per heavy atom. The average Bonchev–Trinajstić information content (AvgIpc) is 3.37. The maximum atomic E-state index is 6.58. The Hall–Kier alpha value is -1.96. The minimum absolute atomic E-state index is 0.693. The monoisotopic (exact) mass is 400 g/mol. The summed E-state index contributed by atoms with van der Waals surface area (Å²) >= 11 is 8.21. The second-order valence-electron chi connectivity index (χ2n) is 7.63. The van der Waals surface area contributed by atoms with E-state index in [-0.39, 0.29) is 0 Å². The molecule has 2 aliphatic rings. The molecule has 0 bridgehead atoms. The molecule has 8 heteroatoms. The Labute approximate surface area is 167 Å². The molecule has 6 nitrogen and oxygen atoms in total. The highest BCUT2D eigenvalue weighted by Gasteiger charge is 2.39. The highest BCUT2D eigenvalue weighted by Crippen LogP contribution is 2.39. The molecule has 27 heavy (non-hydrogen) atoms. The lowest BCUT2D eigenvalue weighted by molar-refractivity contribution is 0.387. The van der Waals surface area contributed by atoms with Gasteiger partial charge in [-0.25, -0.2) is 0 Å². The molecule has 5 rings (SSSR count). The Morgan fingerprint density at radius 2 is 1.81 bits per heavy atom. The molecule has 1 unspecified atom stereocenters. The molecule has 1 aromatic carbocycles. The van der Waals surface area contributed by atoms with Gasteiger partial charge in [0.2, 0.25) is 5.13 Å². The third kappa shape index (κ3) is 3.13. The van der Waals surface area contributed by atoms with Crippen molar-refractivity contribution in [3.05, 3.63) is 35.6 Å². The van der Waals surface area contributed by atoms with Crippen LogP contribution in [0, 0.1) is 11.8 Å². The van der Waals surface area contributed by atoms with Gasteiger partial charge in [-0.15, -0.1) is 10.2 Å². The summed E-state index contributed by atoms with van der Waals surface area (Å²) in [6, 6.07) is 6.07. The predicted molar refractivity (Wildman–Crippen MR) is 109 cm³/mol. The number of aromatic nitrogens is 4. The van der Waals surface area contributed by atoms with Gasteiger partial charge in [-0.2, -0.15) is 5.10 Å². The van der Waals surface area contributed by atoms with Crippen LogP contribution in [0.5, 0.6) is 0 Å². The topological polar surface area (TPSA) is 50.1 Å². The zero-order chi connectivity index (χ0) is 18.5. The maximum absolute atomic E-state index is 6.58. The lowest BCUT2D eigenvalue weighted by atomic mass is 10.0. The number of anilines is 1. The minimum atomic E-state index is 0.693. The lowest BCUT2D eigenvalue weighted by Gasteiger charge is -2.17. The van der Waals surface area contributed by atoms with E-state index in [4.69, 9.17) is 11.6 Å². The summed E-state index contributed by atoms with van der Waals surface area (Å²) in [6.07, 6.45) is 3.83. The number of nitrogens with zero attached hydrogens (tertiary/aromatic N) is 6. The third-order valence-corrected chi connectivity index (χ3v) is 6.92. The molecule has 2 saturated heterocycles. The van der Waals surface area contributed by atoms with Crippen LogP contribution >= 0.6 is 22.9 Å². The van der Waals surface area contributed by atoms with Gasteiger partial charge in [0.25, 0.3) is 0 Å². The van der Waals surface area contributed by atoms with Gasteiger partial charge in [-0.3, -0.25) is 4.68 Å². The molecule has 2 aromatic heterocycles. The highest BCUT2D eigenvalue weighted by molar-refractivity contribution is 7.18. The van der Waals surface area contributed by atoms with Gasteiger partial charge in [0.05, 0.1) is 11.2 Å². The summed E-state index contributed by atoms with van der Waals surface area (Å²) in [5, 5.41) is 15.7. The molecule has 2 fully saturated rings. The van der Waals surface area contributed by atoms with E-state index in [0.29, 0.717) is 5.02 Å². The highest BCUT2D eigenvalue weighted by atomic mass is 35.5. The number of hydrogen-bond donors (Lipinski definition) is 0. The van der Waals surface area contributed by atoms with Crippen LogP contribution in [0.4, 0.5) is 5.13 Å². The van der Waals surface area contributed by atoms with Crippen molar-refractivity contribution < 1.29 is 0 Å². The van der Waals surface area contributed by atoms with Crippen LogP contribution in [0.15, 0.2) is 30.6 Å². The number of halogens is 1. The Kier molecular flexibility index (Phi) is 4.18. The summed E-state index contributed by atoms with van der Waals surface area (Å²) in [7, 11) is 4.12. The van der Waals surface area contributed by atoms with E-state index in [1.165, 1.54) is 13.1 Å². The number of aryl methyl sites for hydroxylation is 1. The van der Waals surface area contributed by atoms with Crippen molar-refractivity contribution in [2.24, 2.45) is 18.9 Å². The van der Waals surface area contributed by atoms with Gasteiger partial charge >= 0.3 is 0 Å². The number of likely N-dealkylation sites (tertiary alicyclic amines) is 1. The second-order valence-corrected chi connectivity index (χ2v) is 9.00. The van der Waals surface area contributed by atoms with Gasteiger partial charge in [0, 0.05) is 50.6 Å². The first kappa shape index (κ1) is 17.2. The molecule has 3 aromatic rings. The second kappa shape index (κ2) is 6.58. The van der Waals surface area contributed by atoms with Gasteiger partial charge in [0.1, 0.15) is 0 Å². The first-order chi connectivity index (χ1) is 13.1. The predicted octanol–water partition coefficient (Wildman–Crippen LogP) is 3.26. The fraction of sp³-hybridized carbons (Fsp3) is 0.421. The SMILES string of the molecule is CN1CC2CN(c3nnc(-c4ccc(-c5cnn(C)c5)cc4Cl)s3)C[C@H]2C1. The number of rotatable bonds is 3. The zero-order valence-corrected chi connectivity index (χ0v) is 16.9. The van der Waals surface area contributed by atoms with E-state index in [0.717, 1.165) is 51.8 Å². The van der Waals surface area contributed by atoms with E-state index in [2.05, 4.69) is 38.2 Å². The van der Waals surface area contributed by atoms with E-state index in [9.17, 15) is 0 Å². The first-order valence-electron chi connectivity index (χ1n) is 9.13. The van der Waals surface area contributed by atoms with Crippen molar-refractivity contribution in [2.75, 3.05) is 38.1 Å². The van der Waals surface area contributed by atoms with Gasteiger partial charge < -0.3 is 9.80 Å². The molecule has 140 valence electrons. The quantitative estimate of drug-likeness (QED) is 0.675. The van der Waals surface area contributed by atoms with Crippen LogP contribution in [0.25, 0.3) is 21.7 Å². The number of hydrogen-bond acceptors (Lipinski definition) is 6. The first-order valence-corrected chi connectivity index (χ1v) is 10.3. The maximum Gasteiger partial charge on any atom is 0.208 e. The summed E-state index contributed by atoms with van der Waals surface area (Å²) in [5.74, 6) is 1.51. The fourth-order valence-corrected chi connectivity index (χ4v) is 5.50. The van der Waals surface area contributed by atoms with Gasteiger partial charge in [0.15, 0.2) is 5.01 Å². The molecule has 0 spiro atoms. The standard InChI is InChI=1S/C19H21ClN6S/c1-24-7-14-10-26(11-15(14)8-24)19-23-22-18(27-19)16-4-3-12(5-17(16)20)13-6-21-25(2)9-13/h3-6,9,14-15H,7-8,10-11H2,1-2H3/t14-,15?/m1/s1. The molecule has 2 aliphatic heterocycles. The molecular formula is C19H21ClN6S. The lowest BCUT2D eigenvalue weighted by Crippen LogP contribution is -2.26. The van der Waals surface area contributed by atoms with Gasteiger partial charge in [-0.1, -0.05) is 29.0 Å². The third-order valence-electron chi connectivity index (χ3n) is 5.59. The molecule has 2 atom stereocenters. The van der Waals surface area contributed by atoms with E-state index in [1.54, 1.807) is 16.0 Å². The van der Waals surface area contributed by atoms with Crippen LogP contribution in [0.3, 0.4) is 0 Å². The molecule has 0 N–H and O–H groups in total. The van der Waals surface area contributed by atoms with Crippen molar-refractivity contribution in [1.29, 1.82) is 0 Å². The van der Waals surface area contributed by atoms with E-state index >= 15 is 0 Å². The van der Waals surface area contributed by atoms with Crippen molar-refractivity contribution in [3.8, 4) is 21.7 Å². The Bertz CT molecular complexity index is 968. The van der Waals surface area contributed by atoms with Crippen LogP contribution in [-0.4, -0.2) is 58.1 Å². The van der Waals surface area contributed by atoms with Crippen molar-refractivity contribution in [1.82, 2.24) is 24.9 Å². The fourth-order valence-electron chi connectivity index (χ4n) is 4.27. The molecular weight excluding hydrogens is 380 g/mol. The zero-order valence-electron chi connectivity index (χ0n) is 15.3. The minimum Gasteiger partial charge on any atom is -0.346 e. The molecule has 0 saturated carbocycles. The average molecular weight is 401 g/mol. The molecule has 0 amide bonds. The summed E-state index contributed by atoms with van der Waals surface area (Å²) in [5.41, 5.74) is 3.04. The van der Waals surface area contributed by atoms with Crippen LogP contribution in [-0.2, 0) is 7.05 Å². The van der Waals surface area contributed by atoms with Crippen LogP contribution < -0.4 is 4.90 Å². The van der Waals surface area contributed by atoms with Gasteiger partial charge in [-0.05, 0) is 36.6 Å². The van der Waals surface area contributed by atoms with Crippen molar-refractivity contribution >= 4 is 28.1 Å². The smallest absolute Gasteiger partial charge is 0.208 e. The number of fused-ring (bicyclic) bond motifs is 1. The van der Waals surface area contributed by atoms with Crippen LogP contribution in [0.1, 0.15) is 0 Å². The summed E-state index contributed by atoms with van der Waals surface area (Å²) in [4.78, 5) is 4.82. The molecule has 4 heterocycles. The summed E-state index contributed by atoms with van der Waals surface area (Å²) < 4.78 is 1.79. The Balaban J connectivity index is 1.37. The van der Waals surface area contributed by atoms with Crippen molar-refractivity contribution in [3.63, 3.8) is 0 Å². The van der Waals surface area contributed by atoms with Crippen molar-refractivity contribution in [2.45, 2.75) is 0 Å². The number of benzene rings is 1. The molecule has 0 radical (unpaired) electrons. The van der Waals surface area contributed by atoms with E-state index < -0.39 is 0 Å². The molecule has 0 aliphatic carbocycles. The normalized spacial score (nSPS) is 22.6.